The molecule has 4 heteroatoms. The number of fused-ring (bicyclic) bond motifs is 1. The van der Waals surface area contributed by atoms with Gasteiger partial charge < -0.3 is 4.74 Å². The Morgan fingerprint density at radius 2 is 2.29 bits per heavy atom. The molecule has 1 heterocycles. The highest BCUT2D eigenvalue weighted by atomic mass is 35.5. The molecule has 2 aromatic rings. The van der Waals surface area contributed by atoms with Crippen LogP contribution in [0.4, 0.5) is 0 Å². The van der Waals surface area contributed by atoms with Crippen molar-refractivity contribution in [1.82, 2.24) is 4.98 Å². The van der Waals surface area contributed by atoms with Gasteiger partial charge in [-0.25, -0.2) is 0 Å². The first-order valence-corrected chi connectivity index (χ1v) is 5.72. The SMILES string of the molecule is COc1ccc2c(C(C#N)CCl)nccc2c1. The van der Waals surface area contributed by atoms with Gasteiger partial charge in [-0.1, -0.05) is 0 Å². The van der Waals surface area contributed by atoms with E-state index < -0.39 is 0 Å². The van der Waals surface area contributed by atoms with Crippen LogP contribution in [0.3, 0.4) is 0 Å². The fraction of sp³-hybridized carbons (Fsp3) is 0.231. The van der Waals surface area contributed by atoms with E-state index in [1.54, 1.807) is 13.3 Å². The Hall–Kier alpha value is -1.79. The van der Waals surface area contributed by atoms with E-state index in [2.05, 4.69) is 11.1 Å². The average molecular weight is 247 g/mol. The van der Waals surface area contributed by atoms with Crippen molar-refractivity contribution in [3.05, 3.63) is 36.2 Å². The van der Waals surface area contributed by atoms with Crippen LogP contribution >= 0.6 is 11.6 Å². The third-order valence-electron chi connectivity index (χ3n) is 2.64. The van der Waals surface area contributed by atoms with E-state index in [4.69, 9.17) is 21.6 Å². The summed E-state index contributed by atoms with van der Waals surface area (Å²) in [5.41, 5.74) is 0.725. The van der Waals surface area contributed by atoms with E-state index in [1.807, 2.05) is 24.3 Å². The van der Waals surface area contributed by atoms with Crippen LogP contribution in [0.5, 0.6) is 5.75 Å². The van der Waals surface area contributed by atoms with Crippen molar-refractivity contribution in [3.8, 4) is 11.8 Å². The normalized spacial score (nSPS) is 12.1. The first kappa shape index (κ1) is 11.7. The van der Waals surface area contributed by atoms with Crippen molar-refractivity contribution in [1.29, 1.82) is 5.26 Å². The molecule has 0 fully saturated rings. The number of benzene rings is 1. The van der Waals surface area contributed by atoms with Gasteiger partial charge in [0, 0.05) is 17.5 Å². The number of aromatic nitrogens is 1. The maximum Gasteiger partial charge on any atom is 0.119 e. The second-order valence-electron chi connectivity index (χ2n) is 3.62. The highest BCUT2D eigenvalue weighted by Gasteiger charge is 2.14. The third kappa shape index (κ3) is 2.17. The zero-order chi connectivity index (χ0) is 12.3. The molecule has 0 aliphatic rings. The molecule has 0 saturated carbocycles. The zero-order valence-electron chi connectivity index (χ0n) is 9.35. The van der Waals surface area contributed by atoms with Crippen molar-refractivity contribution in [2.24, 2.45) is 0 Å². The van der Waals surface area contributed by atoms with Gasteiger partial charge >= 0.3 is 0 Å². The average Bonchev–Trinajstić information content (AvgIpc) is 2.39. The molecule has 0 saturated heterocycles. The molecule has 0 aliphatic carbocycles. The first-order valence-electron chi connectivity index (χ1n) is 5.18. The summed E-state index contributed by atoms with van der Waals surface area (Å²) in [6, 6.07) is 9.74. The van der Waals surface area contributed by atoms with Crippen LogP contribution in [0.1, 0.15) is 11.6 Å². The van der Waals surface area contributed by atoms with Crippen molar-refractivity contribution in [2.75, 3.05) is 13.0 Å². The van der Waals surface area contributed by atoms with Gasteiger partial charge in [-0.05, 0) is 29.7 Å². The lowest BCUT2D eigenvalue weighted by molar-refractivity contribution is 0.415. The minimum absolute atomic E-state index is 0.245. The smallest absolute Gasteiger partial charge is 0.119 e. The molecule has 2 rings (SSSR count). The van der Waals surface area contributed by atoms with Gasteiger partial charge in [-0.2, -0.15) is 5.26 Å². The van der Waals surface area contributed by atoms with Gasteiger partial charge in [0.1, 0.15) is 11.7 Å². The van der Waals surface area contributed by atoms with Crippen LogP contribution in [0.2, 0.25) is 0 Å². The van der Waals surface area contributed by atoms with Crippen LogP contribution < -0.4 is 4.74 Å². The summed E-state index contributed by atoms with van der Waals surface area (Å²) in [6.45, 7) is 0. The van der Waals surface area contributed by atoms with Gasteiger partial charge in [-0.3, -0.25) is 4.98 Å². The predicted octanol–water partition coefficient (Wildman–Crippen LogP) is 3.09. The number of pyridine rings is 1. The van der Waals surface area contributed by atoms with Crippen LogP contribution in [-0.4, -0.2) is 18.0 Å². The van der Waals surface area contributed by atoms with E-state index in [0.29, 0.717) is 0 Å². The Morgan fingerprint density at radius 1 is 1.47 bits per heavy atom. The molecule has 1 aromatic heterocycles. The summed E-state index contributed by atoms with van der Waals surface area (Å²) < 4.78 is 5.16. The summed E-state index contributed by atoms with van der Waals surface area (Å²) >= 11 is 5.77. The highest BCUT2D eigenvalue weighted by molar-refractivity contribution is 6.18. The maximum atomic E-state index is 9.04. The topological polar surface area (TPSA) is 45.9 Å². The Balaban J connectivity index is 2.62. The number of hydrogen-bond acceptors (Lipinski definition) is 3. The molecule has 0 radical (unpaired) electrons. The monoisotopic (exact) mass is 246 g/mol. The zero-order valence-corrected chi connectivity index (χ0v) is 10.1. The highest BCUT2D eigenvalue weighted by Crippen LogP contribution is 2.27. The summed E-state index contributed by atoms with van der Waals surface area (Å²) in [5, 5.41) is 11.0. The second kappa shape index (κ2) is 5.03. The first-order chi connectivity index (χ1) is 8.30. The van der Waals surface area contributed by atoms with Crippen molar-refractivity contribution < 1.29 is 4.74 Å². The molecular weight excluding hydrogens is 236 g/mol. The van der Waals surface area contributed by atoms with Gasteiger partial charge in [-0.15, -0.1) is 11.6 Å². The van der Waals surface area contributed by atoms with Crippen LogP contribution in [0, 0.1) is 11.3 Å². The molecule has 0 amide bonds. The van der Waals surface area contributed by atoms with Crippen LogP contribution in [-0.2, 0) is 0 Å². The molecule has 1 aromatic carbocycles. The number of alkyl halides is 1. The van der Waals surface area contributed by atoms with Crippen LogP contribution in [0.25, 0.3) is 10.8 Å². The molecule has 3 nitrogen and oxygen atoms in total. The molecule has 17 heavy (non-hydrogen) atoms. The predicted molar refractivity (Wildman–Crippen MR) is 67.4 cm³/mol. The Kier molecular flexibility index (Phi) is 3.46. The third-order valence-corrected chi connectivity index (χ3v) is 2.95. The van der Waals surface area contributed by atoms with Gasteiger partial charge in [0.25, 0.3) is 0 Å². The molecular formula is C13H11ClN2O. The van der Waals surface area contributed by atoms with E-state index >= 15 is 0 Å². The van der Waals surface area contributed by atoms with Gasteiger partial charge in [0.15, 0.2) is 0 Å². The molecule has 0 aliphatic heterocycles. The molecule has 0 spiro atoms. The summed E-state index contributed by atoms with van der Waals surface area (Å²) in [6.07, 6.45) is 1.69. The van der Waals surface area contributed by atoms with E-state index in [0.717, 1.165) is 22.2 Å². The van der Waals surface area contributed by atoms with E-state index in [-0.39, 0.29) is 11.8 Å². The summed E-state index contributed by atoms with van der Waals surface area (Å²) in [4.78, 5) is 4.26. The van der Waals surface area contributed by atoms with Gasteiger partial charge in [0.2, 0.25) is 0 Å². The largest absolute Gasteiger partial charge is 0.497 e. The lowest BCUT2D eigenvalue weighted by Gasteiger charge is -2.09. The van der Waals surface area contributed by atoms with Crippen LogP contribution in [0.15, 0.2) is 30.5 Å². The fourth-order valence-electron chi connectivity index (χ4n) is 1.75. The lowest BCUT2D eigenvalue weighted by Crippen LogP contribution is -2.01. The van der Waals surface area contributed by atoms with Gasteiger partial charge in [0.05, 0.1) is 18.9 Å². The molecule has 86 valence electrons. The number of nitriles is 1. The number of hydrogen-bond donors (Lipinski definition) is 0. The Labute approximate surface area is 105 Å². The van der Waals surface area contributed by atoms with E-state index in [1.165, 1.54) is 0 Å². The van der Waals surface area contributed by atoms with Crippen molar-refractivity contribution >= 4 is 22.4 Å². The standard InChI is InChI=1S/C13H11ClN2O/c1-17-11-2-3-12-9(6-11)4-5-16-13(12)10(7-14)8-15/h2-6,10H,7H2,1H3. The molecule has 0 bridgehead atoms. The number of ether oxygens (including phenoxy) is 1. The lowest BCUT2D eigenvalue weighted by atomic mass is 10.0. The molecule has 1 unspecified atom stereocenters. The number of methoxy groups -OCH3 is 1. The number of rotatable bonds is 3. The summed E-state index contributed by atoms with van der Waals surface area (Å²) in [5.74, 6) is 0.650. The quantitative estimate of drug-likeness (QED) is 0.782. The second-order valence-corrected chi connectivity index (χ2v) is 3.93. The van der Waals surface area contributed by atoms with Crippen molar-refractivity contribution in [3.63, 3.8) is 0 Å². The number of nitrogens with zero attached hydrogens (tertiary/aromatic N) is 2. The van der Waals surface area contributed by atoms with Crippen molar-refractivity contribution in [2.45, 2.75) is 5.92 Å². The van der Waals surface area contributed by atoms with E-state index in [9.17, 15) is 0 Å². The maximum absolute atomic E-state index is 9.04. The molecule has 0 N–H and O–H groups in total. The fourth-order valence-corrected chi connectivity index (χ4v) is 1.97. The number of halogens is 1. The Morgan fingerprint density at radius 3 is 2.94 bits per heavy atom. The minimum Gasteiger partial charge on any atom is -0.497 e. The minimum atomic E-state index is -0.381. The Bertz CT molecular complexity index is 577. The molecule has 1 atom stereocenters. The summed E-state index contributed by atoms with van der Waals surface area (Å²) in [7, 11) is 1.63.